The van der Waals surface area contributed by atoms with Crippen LogP contribution >= 0.6 is 0 Å². The van der Waals surface area contributed by atoms with E-state index in [1.54, 1.807) is 36.4 Å². The van der Waals surface area contributed by atoms with Crippen LogP contribution in [0, 0.1) is 12.7 Å². The second kappa shape index (κ2) is 10.3. The van der Waals surface area contributed by atoms with Gasteiger partial charge in [0.1, 0.15) is 5.65 Å². The number of hydrogen-bond donors (Lipinski definition) is 1. The van der Waals surface area contributed by atoms with Crippen LogP contribution < -0.4 is 15.0 Å². The van der Waals surface area contributed by atoms with E-state index < -0.39 is 15.7 Å². The summed E-state index contributed by atoms with van der Waals surface area (Å²) in [6.45, 7) is 2.22. The molecule has 7 rings (SSSR count). The van der Waals surface area contributed by atoms with Gasteiger partial charge in [-0.05, 0) is 83.6 Å². The molecule has 0 unspecified atom stereocenters. The number of fused-ring (bicyclic) bond motifs is 3. The molecule has 44 heavy (non-hydrogen) atoms. The Labute approximate surface area is 252 Å². The fourth-order valence-electron chi connectivity index (χ4n) is 5.82. The lowest BCUT2D eigenvalue weighted by Gasteiger charge is -2.30. The van der Waals surface area contributed by atoms with Crippen LogP contribution in [0.1, 0.15) is 27.3 Å². The molecule has 0 spiro atoms. The van der Waals surface area contributed by atoms with Gasteiger partial charge in [0.2, 0.25) is 0 Å². The van der Waals surface area contributed by atoms with Crippen LogP contribution in [-0.2, 0) is 27.6 Å². The van der Waals surface area contributed by atoms with Crippen LogP contribution in [0.4, 0.5) is 10.1 Å². The Morgan fingerprint density at radius 1 is 0.955 bits per heavy atom. The third-order valence-corrected chi connectivity index (χ3v) is 9.29. The molecule has 0 aliphatic carbocycles. The van der Waals surface area contributed by atoms with Crippen LogP contribution in [-0.4, -0.2) is 49.0 Å². The van der Waals surface area contributed by atoms with E-state index in [2.05, 4.69) is 10.3 Å². The number of nitrogens with one attached hydrogen (secondary N) is 1. The molecule has 2 amide bonds. The lowest BCUT2D eigenvalue weighted by atomic mass is 9.94. The molecule has 2 aliphatic rings. The number of hydrogen-bond acceptors (Lipinski definition) is 6. The highest BCUT2D eigenvalue weighted by Gasteiger charge is 2.31. The Balaban J connectivity index is 1.28. The average molecular weight is 611 g/mol. The molecule has 0 fully saturated rings. The number of ether oxygens (including phenoxy) is 1. The first-order valence-corrected chi connectivity index (χ1v) is 15.9. The minimum atomic E-state index is -3.32. The van der Waals surface area contributed by atoms with E-state index in [0.29, 0.717) is 40.3 Å². The number of imidazole rings is 1. The standard InChI is InChI=1S/C33H27FN4O5S/c1-19-29(37-16-23(7-10-30(37)36-19)20-5-8-25(9-6-20)44(2,41)42)17-38-28-15-24(14-27(34)32(28)43-18-31(38)39)22-4-3-21-11-12-35-33(40)26(21)13-22/h3-10,13-16H,11-12,17-18H2,1-2H3,(H,35,40). The van der Waals surface area contributed by atoms with Crippen molar-refractivity contribution in [3.8, 4) is 28.0 Å². The Bertz CT molecular complexity index is 2120. The SMILES string of the molecule is Cc1nc2ccc(-c3ccc(S(C)(=O)=O)cc3)cn2c1CN1C(=O)COc2c(F)cc(-c3ccc4c(c3)C(=O)NCC4)cc21. The topological polar surface area (TPSA) is 110 Å². The first kappa shape index (κ1) is 27.8. The highest BCUT2D eigenvalue weighted by atomic mass is 32.2. The summed E-state index contributed by atoms with van der Waals surface area (Å²) >= 11 is 0. The molecule has 0 atom stereocenters. The average Bonchev–Trinajstić information content (AvgIpc) is 3.32. The van der Waals surface area contributed by atoms with E-state index in [0.717, 1.165) is 28.8 Å². The zero-order valence-electron chi connectivity index (χ0n) is 23.9. The van der Waals surface area contributed by atoms with Crippen molar-refractivity contribution < 1.29 is 27.1 Å². The Kier molecular flexibility index (Phi) is 6.51. The van der Waals surface area contributed by atoms with Gasteiger partial charge in [-0.15, -0.1) is 0 Å². The largest absolute Gasteiger partial charge is 0.478 e. The van der Waals surface area contributed by atoms with Gasteiger partial charge in [0, 0.05) is 24.6 Å². The van der Waals surface area contributed by atoms with E-state index in [1.807, 2.05) is 41.8 Å². The number of rotatable bonds is 5. The molecule has 4 heterocycles. The van der Waals surface area contributed by atoms with E-state index in [-0.39, 0.29) is 35.6 Å². The molecule has 222 valence electrons. The van der Waals surface area contributed by atoms with Crippen molar-refractivity contribution in [1.29, 1.82) is 0 Å². The summed E-state index contributed by atoms with van der Waals surface area (Å²) in [6, 6.07) is 18.9. The summed E-state index contributed by atoms with van der Waals surface area (Å²) in [4.78, 5) is 32.1. The molecule has 0 radical (unpaired) electrons. The summed E-state index contributed by atoms with van der Waals surface area (Å²) < 4.78 is 46.7. The van der Waals surface area contributed by atoms with Gasteiger partial charge in [-0.25, -0.2) is 17.8 Å². The summed E-state index contributed by atoms with van der Waals surface area (Å²) in [6.07, 6.45) is 3.78. The minimum Gasteiger partial charge on any atom is -0.478 e. The number of halogens is 1. The molecule has 2 aromatic heterocycles. The maximum absolute atomic E-state index is 15.5. The molecule has 0 bridgehead atoms. The molecule has 9 nitrogen and oxygen atoms in total. The van der Waals surface area contributed by atoms with Gasteiger partial charge >= 0.3 is 0 Å². The number of anilines is 1. The van der Waals surface area contributed by atoms with Crippen molar-refractivity contribution in [1.82, 2.24) is 14.7 Å². The van der Waals surface area contributed by atoms with Crippen molar-refractivity contribution in [3.63, 3.8) is 0 Å². The Morgan fingerprint density at radius 3 is 2.48 bits per heavy atom. The van der Waals surface area contributed by atoms with Gasteiger partial charge in [0.05, 0.1) is 28.5 Å². The summed E-state index contributed by atoms with van der Waals surface area (Å²) in [5.41, 5.74) is 6.69. The highest BCUT2D eigenvalue weighted by Crippen LogP contribution is 2.40. The number of aryl methyl sites for hydroxylation is 1. The normalized spacial score (nSPS) is 14.7. The summed E-state index contributed by atoms with van der Waals surface area (Å²) in [5, 5.41) is 2.84. The lowest BCUT2D eigenvalue weighted by molar-refractivity contribution is -0.121. The molecular weight excluding hydrogens is 583 g/mol. The summed E-state index contributed by atoms with van der Waals surface area (Å²) in [7, 11) is -3.32. The molecule has 2 aliphatic heterocycles. The van der Waals surface area contributed by atoms with Crippen LogP contribution in [0.25, 0.3) is 27.9 Å². The van der Waals surface area contributed by atoms with Gasteiger partial charge in [-0.1, -0.05) is 24.3 Å². The van der Waals surface area contributed by atoms with Gasteiger partial charge < -0.3 is 14.5 Å². The second-order valence-corrected chi connectivity index (χ2v) is 13.1. The monoisotopic (exact) mass is 610 g/mol. The van der Waals surface area contributed by atoms with Crippen LogP contribution in [0.5, 0.6) is 5.75 Å². The van der Waals surface area contributed by atoms with Crippen molar-refractivity contribution in [2.45, 2.75) is 24.8 Å². The van der Waals surface area contributed by atoms with Crippen molar-refractivity contribution in [3.05, 3.63) is 101 Å². The number of carbonyl (C=O) groups excluding carboxylic acids is 2. The first-order chi connectivity index (χ1) is 21.1. The van der Waals surface area contributed by atoms with Crippen molar-refractivity contribution in [2.24, 2.45) is 0 Å². The Hall–Kier alpha value is -5.03. The summed E-state index contributed by atoms with van der Waals surface area (Å²) in [5.74, 6) is -1.12. The number of sulfone groups is 1. The van der Waals surface area contributed by atoms with Gasteiger partial charge in [-0.2, -0.15) is 0 Å². The predicted octanol–water partition coefficient (Wildman–Crippen LogP) is 4.73. The smallest absolute Gasteiger partial charge is 0.265 e. The van der Waals surface area contributed by atoms with Gasteiger partial charge in [0.25, 0.3) is 11.8 Å². The van der Waals surface area contributed by atoms with Crippen LogP contribution in [0.15, 0.2) is 77.8 Å². The number of aromatic nitrogens is 2. The number of benzene rings is 3. The van der Waals surface area contributed by atoms with Gasteiger partial charge in [0.15, 0.2) is 28.0 Å². The number of nitrogens with zero attached hydrogens (tertiary/aromatic N) is 3. The van der Waals surface area contributed by atoms with Gasteiger partial charge in [-0.3, -0.25) is 14.5 Å². The Morgan fingerprint density at radius 2 is 1.70 bits per heavy atom. The van der Waals surface area contributed by atoms with Crippen LogP contribution in [0.2, 0.25) is 0 Å². The van der Waals surface area contributed by atoms with E-state index >= 15 is 4.39 Å². The zero-order valence-corrected chi connectivity index (χ0v) is 24.7. The second-order valence-electron chi connectivity index (χ2n) is 11.0. The molecule has 3 aromatic carbocycles. The molecule has 0 saturated carbocycles. The fraction of sp³-hybridized carbons (Fsp3) is 0.182. The maximum atomic E-state index is 15.5. The number of amides is 2. The third kappa shape index (κ3) is 4.79. The van der Waals surface area contributed by atoms with Crippen LogP contribution in [0.3, 0.4) is 0 Å². The molecule has 1 N–H and O–H groups in total. The predicted molar refractivity (Wildman–Crippen MR) is 163 cm³/mol. The quantitative estimate of drug-likeness (QED) is 0.308. The molecule has 11 heteroatoms. The lowest BCUT2D eigenvalue weighted by Crippen LogP contribution is -2.39. The van der Waals surface area contributed by atoms with E-state index in [1.165, 1.54) is 17.2 Å². The molecule has 5 aromatic rings. The minimum absolute atomic E-state index is 0.0119. The van der Waals surface area contributed by atoms with Crippen molar-refractivity contribution >= 4 is 33.0 Å². The fourth-order valence-corrected chi connectivity index (χ4v) is 6.45. The molecule has 0 saturated heterocycles. The van der Waals surface area contributed by atoms with Crippen molar-refractivity contribution in [2.75, 3.05) is 24.3 Å². The molecular formula is C33H27FN4O5S. The maximum Gasteiger partial charge on any atom is 0.265 e. The zero-order chi connectivity index (χ0) is 30.7. The van der Waals surface area contributed by atoms with E-state index in [9.17, 15) is 18.0 Å². The third-order valence-electron chi connectivity index (χ3n) is 8.16. The first-order valence-electron chi connectivity index (χ1n) is 14.0. The highest BCUT2D eigenvalue weighted by molar-refractivity contribution is 7.90. The number of pyridine rings is 1. The number of carbonyl (C=O) groups is 2. The van der Waals surface area contributed by atoms with E-state index in [4.69, 9.17) is 4.74 Å².